The van der Waals surface area contributed by atoms with Crippen molar-refractivity contribution in [3.8, 4) is 0 Å². The molecule has 0 radical (unpaired) electrons. The van der Waals surface area contributed by atoms with Crippen LogP contribution in [0.4, 0.5) is 0 Å². The molecule has 0 heterocycles. The lowest BCUT2D eigenvalue weighted by atomic mass is 9.95. The van der Waals surface area contributed by atoms with Gasteiger partial charge in [0, 0.05) is 6.42 Å². The van der Waals surface area contributed by atoms with E-state index in [1.165, 1.54) is 38.5 Å². The molecule has 1 fully saturated rings. The summed E-state index contributed by atoms with van der Waals surface area (Å²) in [5.41, 5.74) is 0.506. The van der Waals surface area contributed by atoms with E-state index in [0.29, 0.717) is 11.6 Å². The monoisotopic (exact) mass is 179 g/mol. The molecule has 2 nitrogen and oxygen atoms in total. The summed E-state index contributed by atoms with van der Waals surface area (Å²) in [6.45, 7) is 3.37. The quantitative estimate of drug-likeness (QED) is 0.372. The minimum Gasteiger partial charge on any atom is -0.257 e. The summed E-state index contributed by atoms with van der Waals surface area (Å²) in [5, 5.41) is 0. The fourth-order valence-corrected chi connectivity index (χ4v) is 1.98. The summed E-state index contributed by atoms with van der Waals surface area (Å²) in [7, 11) is 0. The van der Waals surface area contributed by atoms with Gasteiger partial charge in [-0.3, -0.25) is 4.99 Å². The van der Waals surface area contributed by atoms with Crippen molar-refractivity contribution in [3.05, 3.63) is 5.70 Å². The summed E-state index contributed by atoms with van der Waals surface area (Å²) in [4.78, 5) is 14.1. The molecule has 1 aliphatic carbocycles. The average Bonchev–Trinajstić information content (AvgIpc) is 2.42. The summed E-state index contributed by atoms with van der Waals surface area (Å²) >= 11 is 0. The zero-order chi connectivity index (χ0) is 9.52. The maximum absolute atomic E-state index is 10.4. The zero-order valence-corrected chi connectivity index (χ0v) is 8.09. The Kier molecular flexibility index (Phi) is 4.48. The van der Waals surface area contributed by atoms with Gasteiger partial charge >= 0.3 is 0 Å². The van der Waals surface area contributed by atoms with Crippen LogP contribution in [0.25, 0.3) is 0 Å². The topological polar surface area (TPSA) is 29.4 Å². The van der Waals surface area contributed by atoms with Gasteiger partial charge in [0.05, 0.1) is 0 Å². The van der Waals surface area contributed by atoms with Crippen molar-refractivity contribution in [2.75, 3.05) is 0 Å². The van der Waals surface area contributed by atoms with Gasteiger partial charge in [0.2, 0.25) is 0 Å². The Morgan fingerprint density at radius 1 is 1.31 bits per heavy atom. The van der Waals surface area contributed by atoms with Gasteiger partial charge in [-0.1, -0.05) is 38.5 Å². The van der Waals surface area contributed by atoms with Crippen LogP contribution in [0.5, 0.6) is 0 Å². The highest BCUT2D eigenvalue weighted by Gasteiger charge is 2.13. The maximum Gasteiger partial charge on any atom is 0.148 e. The van der Waals surface area contributed by atoms with Gasteiger partial charge < -0.3 is 0 Å². The third kappa shape index (κ3) is 3.56. The molecule has 1 saturated carbocycles. The molecule has 1 aliphatic rings. The van der Waals surface area contributed by atoms with Crippen LogP contribution in [0.3, 0.4) is 0 Å². The van der Waals surface area contributed by atoms with Gasteiger partial charge in [0.25, 0.3) is 0 Å². The minimum atomic E-state index is 0.506. The van der Waals surface area contributed by atoms with E-state index in [2.05, 4.69) is 11.7 Å². The van der Waals surface area contributed by atoms with Crippen molar-refractivity contribution in [1.29, 1.82) is 0 Å². The van der Waals surface area contributed by atoms with Gasteiger partial charge in [-0.2, -0.15) is 0 Å². The first-order valence-electron chi connectivity index (χ1n) is 5.07. The van der Waals surface area contributed by atoms with Crippen molar-refractivity contribution in [2.24, 2.45) is 10.9 Å². The first-order valence-corrected chi connectivity index (χ1v) is 5.07. The van der Waals surface area contributed by atoms with Crippen LogP contribution in [-0.4, -0.2) is 12.7 Å². The molecule has 0 aromatic carbocycles. The Bertz CT molecular complexity index is 208. The molecule has 0 aliphatic heterocycles. The van der Waals surface area contributed by atoms with E-state index < -0.39 is 0 Å². The van der Waals surface area contributed by atoms with Crippen LogP contribution in [0, 0.1) is 5.92 Å². The van der Waals surface area contributed by atoms with Gasteiger partial charge in [-0.15, -0.1) is 0 Å². The number of hydrogen-bond acceptors (Lipinski definition) is 2. The van der Waals surface area contributed by atoms with Crippen LogP contribution in [0.1, 0.15) is 44.9 Å². The average molecular weight is 179 g/mol. The number of carbonyl (C=O) groups excluding carboxylic acids is 1. The molecule has 0 amide bonds. The molecule has 0 N–H and O–H groups in total. The minimum absolute atomic E-state index is 0.506. The van der Waals surface area contributed by atoms with Crippen LogP contribution < -0.4 is 0 Å². The molecule has 0 aromatic rings. The van der Waals surface area contributed by atoms with E-state index in [0.717, 1.165) is 6.42 Å². The second-order valence-electron chi connectivity index (χ2n) is 3.77. The standard InChI is InChI=1S/C11H17NO/c1-12-11(9-13)8-10-6-4-2-3-5-7-10/h10H,1-8H2. The molecule has 0 saturated heterocycles. The predicted molar refractivity (Wildman–Crippen MR) is 54.6 cm³/mol. The Labute approximate surface area is 79.8 Å². The smallest absolute Gasteiger partial charge is 0.148 e. The first-order chi connectivity index (χ1) is 6.36. The molecule has 2 heteroatoms. The zero-order valence-electron chi connectivity index (χ0n) is 8.09. The van der Waals surface area contributed by atoms with Gasteiger partial charge in [-0.05, 0) is 12.6 Å². The number of hydrogen-bond donors (Lipinski definition) is 0. The van der Waals surface area contributed by atoms with Crippen LogP contribution in [0.2, 0.25) is 0 Å². The van der Waals surface area contributed by atoms with E-state index >= 15 is 0 Å². The van der Waals surface area contributed by atoms with Crippen molar-refractivity contribution in [3.63, 3.8) is 0 Å². The molecule has 1 rings (SSSR count). The molecule has 0 spiro atoms. The Hall–Kier alpha value is -0.880. The summed E-state index contributed by atoms with van der Waals surface area (Å²) in [5.74, 6) is 2.50. The fraction of sp³-hybridized carbons (Fsp3) is 0.727. The lowest BCUT2D eigenvalue weighted by Gasteiger charge is -2.11. The largest absolute Gasteiger partial charge is 0.257 e. The van der Waals surface area contributed by atoms with E-state index in [1.54, 1.807) is 0 Å². The van der Waals surface area contributed by atoms with Crippen molar-refractivity contribution >= 4 is 12.7 Å². The highest BCUT2D eigenvalue weighted by molar-refractivity contribution is 5.54. The molecule has 13 heavy (non-hydrogen) atoms. The summed E-state index contributed by atoms with van der Waals surface area (Å²) in [6, 6.07) is 0. The maximum atomic E-state index is 10.4. The second kappa shape index (κ2) is 5.71. The molecule has 0 unspecified atom stereocenters. The molecular weight excluding hydrogens is 162 g/mol. The normalized spacial score (nSPS) is 18.8. The lowest BCUT2D eigenvalue weighted by Crippen LogP contribution is -1.99. The Balaban J connectivity index is 2.41. The van der Waals surface area contributed by atoms with Crippen LogP contribution >= 0.6 is 0 Å². The van der Waals surface area contributed by atoms with Crippen molar-refractivity contribution < 1.29 is 4.79 Å². The molecule has 0 aromatic heterocycles. The number of rotatable bonds is 3. The SMILES string of the molecule is C=NC(=C=O)CC1CCCCCC1. The highest BCUT2D eigenvalue weighted by atomic mass is 16.1. The molecule has 0 bridgehead atoms. The van der Waals surface area contributed by atoms with Crippen molar-refractivity contribution in [1.82, 2.24) is 0 Å². The van der Waals surface area contributed by atoms with Crippen LogP contribution in [-0.2, 0) is 4.79 Å². The Morgan fingerprint density at radius 3 is 2.38 bits per heavy atom. The third-order valence-corrected chi connectivity index (χ3v) is 2.77. The van der Waals surface area contributed by atoms with E-state index in [-0.39, 0.29) is 0 Å². The number of nitrogens with zero attached hydrogens (tertiary/aromatic N) is 1. The van der Waals surface area contributed by atoms with E-state index in [4.69, 9.17) is 0 Å². The molecule has 72 valence electrons. The number of allylic oxidation sites excluding steroid dienone is 1. The second-order valence-corrected chi connectivity index (χ2v) is 3.77. The van der Waals surface area contributed by atoms with E-state index in [9.17, 15) is 4.79 Å². The van der Waals surface area contributed by atoms with Crippen molar-refractivity contribution in [2.45, 2.75) is 44.9 Å². The van der Waals surface area contributed by atoms with Gasteiger partial charge in [0.15, 0.2) is 0 Å². The third-order valence-electron chi connectivity index (χ3n) is 2.77. The Morgan fingerprint density at radius 2 is 1.92 bits per heavy atom. The first kappa shape index (κ1) is 10.2. The van der Waals surface area contributed by atoms with Gasteiger partial charge in [-0.25, -0.2) is 4.79 Å². The fourth-order valence-electron chi connectivity index (χ4n) is 1.98. The summed E-state index contributed by atoms with van der Waals surface area (Å²) in [6.07, 6.45) is 8.55. The highest BCUT2D eigenvalue weighted by Crippen LogP contribution is 2.27. The van der Waals surface area contributed by atoms with E-state index in [1.807, 2.05) is 5.94 Å². The molecule has 0 atom stereocenters. The molecular formula is C11H17NO. The summed E-state index contributed by atoms with van der Waals surface area (Å²) < 4.78 is 0. The number of aliphatic imine (C=N–C) groups is 1. The lowest BCUT2D eigenvalue weighted by molar-refractivity contribution is 0.454. The van der Waals surface area contributed by atoms with Gasteiger partial charge in [0.1, 0.15) is 11.6 Å². The van der Waals surface area contributed by atoms with Crippen LogP contribution in [0.15, 0.2) is 10.7 Å². The predicted octanol–water partition coefficient (Wildman–Crippen LogP) is 2.76.